The molecule has 0 unspecified atom stereocenters. The van der Waals surface area contributed by atoms with Gasteiger partial charge in [-0.3, -0.25) is 4.98 Å². The molecule has 0 spiro atoms. The Morgan fingerprint density at radius 1 is 1.20 bits per heavy atom. The largest absolute Gasteiger partial charge is 0.363 e. The molecule has 2 aromatic rings. The Morgan fingerprint density at radius 3 is 2.60 bits per heavy atom. The van der Waals surface area contributed by atoms with Crippen LogP contribution in [-0.4, -0.2) is 22.2 Å². The summed E-state index contributed by atoms with van der Waals surface area (Å²) in [6.45, 7) is 3.97. The van der Waals surface area contributed by atoms with E-state index in [-0.39, 0.29) is 0 Å². The third kappa shape index (κ3) is 1.97. The smallest absolute Gasteiger partial charge is 0.205 e. The number of pyridine rings is 1. The van der Waals surface area contributed by atoms with Crippen LogP contribution in [0.4, 0.5) is 5.13 Å². The lowest BCUT2D eigenvalue weighted by Crippen LogP contribution is -1.89. The van der Waals surface area contributed by atoms with Crippen molar-refractivity contribution in [1.82, 2.24) is 15.2 Å². The molecule has 0 saturated heterocycles. The molecular formula is C10H12N4S. The number of nitrogens with zero attached hydrogens (tertiary/aromatic N) is 3. The van der Waals surface area contributed by atoms with Gasteiger partial charge in [-0.15, -0.1) is 10.2 Å². The minimum absolute atomic E-state index is 0.824. The molecule has 0 fully saturated rings. The molecule has 15 heavy (non-hydrogen) atoms. The molecule has 0 aliphatic heterocycles. The van der Waals surface area contributed by atoms with Crippen LogP contribution in [0.1, 0.15) is 11.4 Å². The van der Waals surface area contributed by atoms with Crippen molar-refractivity contribution >= 4 is 16.5 Å². The Bertz CT molecular complexity index is 478. The summed E-state index contributed by atoms with van der Waals surface area (Å²) in [5.74, 6) is 0. The highest BCUT2D eigenvalue weighted by Crippen LogP contribution is 2.27. The van der Waals surface area contributed by atoms with Gasteiger partial charge in [0.25, 0.3) is 0 Å². The summed E-state index contributed by atoms with van der Waals surface area (Å²) >= 11 is 1.53. The molecule has 2 heterocycles. The summed E-state index contributed by atoms with van der Waals surface area (Å²) in [7, 11) is 1.84. The Kier molecular flexibility index (Phi) is 2.64. The van der Waals surface area contributed by atoms with Crippen molar-refractivity contribution in [3.8, 4) is 10.6 Å². The second-order valence-electron chi connectivity index (χ2n) is 3.25. The average molecular weight is 220 g/mol. The second kappa shape index (κ2) is 3.94. The Hall–Kier alpha value is -1.49. The van der Waals surface area contributed by atoms with E-state index in [0.717, 1.165) is 27.1 Å². The molecule has 0 aliphatic carbocycles. The zero-order valence-corrected chi connectivity index (χ0v) is 9.72. The van der Waals surface area contributed by atoms with E-state index in [1.54, 1.807) is 0 Å². The molecule has 0 aliphatic rings. The maximum atomic E-state index is 4.40. The standard InChI is InChI=1S/C10H12N4S/c1-6-4-5-8(7(2)12-6)9-13-14-10(11-3)15-9/h4-5H,1-3H3,(H,11,14). The fourth-order valence-electron chi connectivity index (χ4n) is 1.35. The van der Waals surface area contributed by atoms with Crippen LogP contribution in [0.15, 0.2) is 12.1 Å². The molecule has 2 aromatic heterocycles. The lowest BCUT2D eigenvalue weighted by atomic mass is 10.2. The molecule has 0 bridgehead atoms. The first-order valence-electron chi connectivity index (χ1n) is 4.66. The Labute approximate surface area is 92.4 Å². The molecule has 1 N–H and O–H groups in total. The van der Waals surface area contributed by atoms with Gasteiger partial charge in [0.2, 0.25) is 5.13 Å². The van der Waals surface area contributed by atoms with E-state index in [4.69, 9.17) is 0 Å². The summed E-state index contributed by atoms with van der Waals surface area (Å²) < 4.78 is 0. The van der Waals surface area contributed by atoms with Crippen molar-refractivity contribution in [2.75, 3.05) is 12.4 Å². The van der Waals surface area contributed by atoms with Crippen molar-refractivity contribution in [1.29, 1.82) is 0 Å². The Balaban J connectivity index is 2.44. The van der Waals surface area contributed by atoms with Crippen LogP contribution < -0.4 is 5.32 Å². The van der Waals surface area contributed by atoms with Crippen molar-refractivity contribution in [2.24, 2.45) is 0 Å². The molecule has 4 nitrogen and oxygen atoms in total. The highest BCUT2D eigenvalue weighted by molar-refractivity contribution is 7.18. The number of rotatable bonds is 2. The number of aromatic nitrogens is 3. The highest BCUT2D eigenvalue weighted by atomic mass is 32.1. The van der Waals surface area contributed by atoms with Gasteiger partial charge in [-0.05, 0) is 26.0 Å². The molecule has 78 valence electrons. The van der Waals surface area contributed by atoms with Gasteiger partial charge in [0, 0.05) is 24.0 Å². The summed E-state index contributed by atoms with van der Waals surface area (Å²) in [6.07, 6.45) is 0. The van der Waals surface area contributed by atoms with Gasteiger partial charge in [0.05, 0.1) is 0 Å². The molecule has 0 radical (unpaired) electrons. The highest BCUT2D eigenvalue weighted by Gasteiger charge is 2.08. The number of hydrogen-bond donors (Lipinski definition) is 1. The maximum absolute atomic E-state index is 4.40. The Morgan fingerprint density at radius 2 is 2.00 bits per heavy atom. The number of anilines is 1. The lowest BCUT2D eigenvalue weighted by Gasteiger charge is -2.01. The molecule has 0 atom stereocenters. The molecule has 0 aromatic carbocycles. The predicted octanol–water partition coefficient (Wildman–Crippen LogP) is 2.26. The van der Waals surface area contributed by atoms with E-state index in [9.17, 15) is 0 Å². The van der Waals surface area contributed by atoms with Crippen molar-refractivity contribution in [3.63, 3.8) is 0 Å². The van der Waals surface area contributed by atoms with Crippen molar-refractivity contribution in [3.05, 3.63) is 23.5 Å². The van der Waals surface area contributed by atoms with Crippen molar-refractivity contribution < 1.29 is 0 Å². The lowest BCUT2D eigenvalue weighted by molar-refractivity contribution is 1.07. The summed E-state index contributed by atoms with van der Waals surface area (Å²) in [5, 5.41) is 12.8. The number of hydrogen-bond acceptors (Lipinski definition) is 5. The first kappa shape index (κ1) is 10.0. The zero-order chi connectivity index (χ0) is 10.8. The van der Waals surface area contributed by atoms with E-state index < -0.39 is 0 Å². The third-order valence-corrected chi connectivity index (χ3v) is 3.07. The van der Waals surface area contributed by atoms with Crippen LogP contribution in [-0.2, 0) is 0 Å². The zero-order valence-electron chi connectivity index (χ0n) is 8.90. The van der Waals surface area contributed by atoms with Crippen LogP contribution in [0.25, 0.3) is 10.6 Å². The van der Waals surface area contributed by atoms with Crippen molar-refractivity contribution in [2.45, 2.75) is 13.8 Å². The minimum atomic E-state index is 0.824. The summed E-state index contributed by atoms with van der Waals surface area (Å²) in [6, 6.07) is 4.03. The molecule has 0 saturated carbocycles. The quantitative estimate of drug-likeness (QED) is 0.843. The molecular weight excluding hydrogens is 208 g/mol. The minimum Gasteiger partial charge on any atom is -0.363 e. The van der Waals surface area contributed by atoms with E-state index in [1.807, 2.05) is 33.0 Å². The van der Waals surface area contributed by atoms with E-state index in [2.05, 4.69) is 20.5 Å². The van der Waals surface area contributed by atoms with Gasteiger partial charge in [-0.1, -0.05) is 11.3 Å². The second-order valence-corrected chi connectivity index (χ2v) is 4.23. The van der Waals surface area contributed by atoms with Gasteiger partial charge in [0.1, 0.15) is 0 Å². The first-order valence-corrected chi connectivity index (χ1v) is 5.48. The van der Waals surface area contributed by atoms with Crippen LogP contribution in [0.5, 0.6) is 0 Å². The fourth-order valence-corrected chi connectivity index (χ4v) is 2.12. The fraction of sp³-hybridized carbons (Fsp3) is 0.300. The SMILES string of the molecule is CNc1nnc(-c2ccc(C)nc2C)s1. The van der Waals surface area contributed by atoms with E-state index >= 15 is 0 Å². The maximum Gasteiger partial charge on any atom is 0.205 e. The summed E-state index contributed by atoms with van der Waals surface area (Å²) in [4.78, 5) is 4.40. The predicted molar refractivity (Wildman–Crippen MR) is 62.2 cm³/mol. The van der Waals surface area contributed by atoms with Crippen LogP contribution >= 0.6 is 11.3 Å². The monoisotopic (exact) mass is 220 g/mol. The number of nitrogens with one attached hydrogen (secondary N) is 1. The normalized spacial score (nSPS) is 10.3. The van der Waals surface area contributed by atoms with E-state index in [0.29, 0.717) is 0 Å². The topological polar surface area (TPSA) is 50.7 Å². The van der Waals surface area contributed by atoms with Gasteiger partial charge in [-0.25, -0.2) is 0 Å². The number of aryl methyl sites for hydroxylation is 2. The van der Waals surface area contributed by atoms with Crippen LogP contribution in [0.2, 0.25) is 0 Å². The molecule has 5 heteroatoms. The van der Waals surface area contributed by atoms with Crippen LogP contribution in [0, 0.1) is 13.8 Å². The first-order chi connectivity index (χ1) is 7.20. The van der Waals surface area contributed by atoms with Gasteiger partial charge >= 0.3 is 0 Å². The summed E-state index contributed by atoms with van der Waals surface area (Å²) in [5.41, 5.74) is 3.07. The van der Waals surface area contributed by atoms with Gasteiger partial charge < -0.3 is 5.32 Å². The van der Waals surface area contributed by atoms with E-state index in [1.165, 1.54) is 11.3 Å². The van der Waals surface area contributed by atoms with Gasteiger partial charge in [-0.2, -0.15) is 0 Å². The average Bonchev–Trinajstić information content (AvgIpc) is 2.66. The molecule has 2 rings (SSSR count). The molecule has 0 amide bonds. The van der Waals surface area contributed by atoms with Crippen LogP contribution in [0.3, 0.4) is 0 Å². The van der Waals surface area contributed by atoms with Gasteiger partial charge in [0.15, 0.2) is 5.01 Å². The third-order valence-electron chi connectivity index (χ3n) is 2.09.